The van der Waals surface area contributed by atoms with Gasteiger partial charge in [-0.15, -0.1) is 0 Å². The molecule has 2 saturated carbocycles. The van der Waals surface area contributed by atoms with Crippen LogP contribution in [0.4, 0.5) is 0 Å². The molecule has 174 valence electrons. The van der Waals surface area contributed by atoms with Gasteiger partial charge in [0.25, 0.3) is 0 Å². The van der Waals surface area contributed by atoms with Gasteiger partial charge in [-0.25, -0.2) is 19.2 Å². The predicted octanol–water partition coefficient (Wildman–Crippen LogP) is 4.38. The molecule has 0 aliphatic heterocycles. The Balaban J connectivity index is 0.000000258. The monoisotopic (exact) mass is 446 g/mol. The Kier molecular flexibility index (Phi) is 10.4. The van der Waals surface area contributed by atoms with Gasteiger partial charge in [-0.05, 0) is 75.6 Å². The molecule has 8 heteroatoms. The Bertz CT molecular complexity index is 733. The van der Waals surface area contributed by atoms with Crippen molar-refractivity contribution in [2.24, 2.45) is 0 Å². The van der Waals surface area contributed by atoms with E-state index in [1.807, 2.05) is 0 Å². The van der Waals surface area contributed by atoms with Crippen molar-refractivity contribution in [1.29, 1.82) is 0 Å². The largest absolute Gasteiger partial charge is 0.478 e. The summed E-state index contributed by atoms with van der Waals surface area (Å²) in [5.74, 6) is -2.99. The number of aromatic carboxylic acids is 2. The SMILES string of the molecule is O=C(/C=C\C(=O)OC1CCCCC1)OC1CCCCC1.O=C(O)c1ccc(C(=O)O)cc1. The van der Waals surface area contributed by atoms with E-state index in [4.69, 9.17) is 19.7 Å². The number of rotatable bonds is 6. The minimum Gasteiger partial charge on any atom is -0.478 e. The Morgan fingerprint density at radius 1 is 0.625 bits per heavy atom. The lowest BCUT2D eigenvalue weighted by Crippen LogP contribution is -2.21. The molecule has 0 bridgehead atoms. The highest BCUT2D eigenvalue weighted by Crippen LogP contribution is 2.21. The van der Waals surface area contributed by atoms with Crippen LogP contribution in [0.1, 0.15) is 84.9 Å². The molecule has 0 atom stereocenters. The normalized spacial score (nSPS) is 17.1. The van der Waals surface area contributed by atoms with Crippen LogP contribution in [0, 0.1) is 0 Å². The van der Waals surface area contributed by atoms with E-state index in [9.17, 15) is 19.2 Å². The van der Waals surface area contributed by atoms with Gasteiger partial charge in [0.1, 0.15) is 12.2 Å². The highest BCUT2D eigenvalue weighted by atomic mass is 16.5. The lowest BCUT2D eigenvalue weighted by Gasteiger charge is -2.21. The molecule has 2 aliphatic rings. The van der Waals surface area contributed by atoms with Crippen molar-refractivity contribution in [3.8, 4) is 0 Å². The van der Waals surface area contributed by atoms with Gasteiger partial charge in [-0.1, -0.05) is 12.8 Å². The Morgan fingerprint density at radius 2 is 0.938 bits per heavy atom. The number of benzene rings is 1. The highest BCUT2D eigenvalue weighted by Gasteiger charge is 2.18. The van der Waals surface area contributed by atoms with Gasteiger partial charge in [0.05, 0.1) is 11.1 Å². The van der Waals surface area contributed by atoms with Crippen LogP contribution in [0.25, 0.3) is 0 Å². The van der Waals surface area contributed by atoms with E-state index in [0.29, 0.717) is 0 Å². The maximum Gasteiger partial charge on any atom is 0.335 e. The fraction of sp³-hybridized carbons (Fsp3) is 0.500. The van der Waals surface area contributed by atoms with E-state index in [-0.39, 0.29) is 23.3 Å². The Morgan fingerprint density at radius 3 is 1.22 bits per heavy atom. The molecule has 3 rings (SSSR count). The van der Waals surface area contributed by atoms with E-state index >= 15 is 0 Å². The summed E-state index contributed by atoms with van der Waals surface area (Å²) in [7, 11) is 0. The maximum absolute atomic E-state index is 11.6. The van der Waals surface area contributed by atoms with Crippen molar-refractivity contribution in [2.45, 2.75) is 76.4 Å². The summed E-state index contributed by atoms with van der Waals surface area (Å²) in [5, 5.41) is 16.9. The standard InChI is InChI=1S/C16H24O4.C8H6O4/c17-15(19-13-7-3-1-4-8-13)11-12-16(18)20-14-9-5-2-6-10-14;9-7(10)5-1-2-6(4-3-5)8(11)12/h11-14H,1-10H2;1-4H,(H,9,10)(H,11,12)/b12-11-;. The van der Waals surface area contributed by atoms with Crippen LogP contribution in [-0.2, 0) is 19.1 Å². The number of carboxylic acid groups (broad SMARTS) is 2. The summed E-state index contributed by atoms with van der Waals surface area (Å²) in [6.07, 6.45) is 13.1. The predicted molar refractivity (Wildman–Crippen MR) is 115 cm³/mol. The van der Waals surface area contributed by atoms with Crippen LogP contribution in [0.15, 0.2) is 36.4 Å². The summed E-state index contributed by atoms with van der Waals surface area (Å²) in [6, 6.07) is 5.02. The Labute approximate surface area is 187 Å². The zero-order chi connectivity index (χ0) is 23.3. The van der Waals surface area contributed by atoms with Gasteiger partial charge in [0, 0.05) is 12.2 Å². The number of hydrogen-bond acceptors (Lipinski definition) is 6. The first-order valence-electron chi connectivity index (χ1n) is 11.0. The fourth-order valence-corrected chi connectivity index (χ4v) is 3.66. The number of carbonyl (C=O) groups excluding carboxylic acids is 2. The highest BCUT2D eigenvalue weighted by molar-refractivity contribution is 5.92. The van der Waals surface area contributed by atoms with Crippen LogP contribution in [0.3, 0.4) is 0 Å². The third-order valence-corrected chi connectivity index (χ3v) is 5.40. The maximum atomic E-state index is 11.6. The number of carboxylic acids is 2. The van der Waals surface area contributed by atoms with Crippen LogP contribution < -0.4 is 0 Å². The number of carbonyl (C=O) groups is 4. The molecule has 2 aliphatic carbocycles. The molecule has 2 N–H and O–H groups in total. The number of esters is 2. The zero-order valence-corrected chi connectivity index (χ0v) is 18.0. The lowest BCUT2D eigenvalue weighted by atomic mass is 9.98. The molecular weight excluding hydrogens is 416 g/mol. The smallest absolute Gasteiger partial charge is 0.335 e. The fourth-order valence-electron chi connectivity index (χ4n) is 3.66. The molecule has 0 amide bonds. The summed E-state index contributed by atoms with van der Waals surface area (Å²) in [5.41, 5.74) is 0.167. The van der Waals surface area contributed by atoms with Gasteiger partial charge >= 0.3 is 23.9 Å². The average molecular weight is 446 g/mol. The van der Waals surface area contributed by atoms with Gasteiger partial charge in [0.15, 0.2) is 0 Å². The van der Waals surface area contributed by atoms with Crippen LogP contribution in [0.2, 0.25) is 0 Å². The van der Waals surface area contributed by atoms with Crippen LogP contribution in [0.5, 0.6) is 0 Å². The first-order chi connectivity index (χ1) is 15.3. The average Bonchev–Trinajstić information content (AvgIpc) is 2.79. The first kappa shape index (κ1) is 25.1. The second kappa shape index (κ2) is 13.3. The summed E-state index contributed by atoms with van der Waals surface area (Å²) in [4.78, 5) is 43.9. The number of hydrogen-bond donors (Lipinski definition) is 2. The van der Waals surface area contributed by atoms with E-state index in [1.165, 1.54) is 49.3 Å². The molecule has 1 aromatic carbocycles. The van der Waals surface area contributed by atoms with Crippen molar-refractivity contribution >= 4 is 23.9 Å². The zero-order valence-electron chi connectivity index (χ0n) is 18.0. The molecule has 0 heterocycles. The van der Waals surface area contributed by atoms with E-state index in [1.54, 1.807) is 0 Å². The molecule has 0 saturated heterocycles. The second-order valence-corrected chi connectivity index (χ2v) is 7.91. The minimum atomic E-state index is -1.06. The van der Waals surface area contributed by atoms with Gasteiger partial charge in [-0.2, -0.15) is 0 Å². The molecule has 8 nitrogen and oxygen atoms in total. The molecule has 32 heavy (non-hydrogen) atoms. The molecular formula is C24H30O8. The molecule has 0 spiro atoms. The first-order valence-corrected chi connectivity index (χ1v) is 11.0. The quantitative estimate of drug-likeness (QED) is 0.487. The van der Waals surface area contributed by atoms with Crippen molar-refractivity contribution < 1.29 is 38.9 Å². The van der Waals surface area contributed by atoms with Gasteiger partial charge < -0.3 is 19.7 Å². The lowest BCUT2D eigenvalue weighted by molar-refractivity contribution is -0.147. The third kappa shape index (κ3) is 9.32. The second-order valence-electron chi connectivity index (χ2n) is 7.91. The van der Waals surface area contributed by atoms with Gasteiger partial charge in [-0.3, -0.25) is 0 Å². The summed E-state index contributed by atoms with van der Waals surface area (Å²) >= 11 is 0. The Hall–Kier alpha value is -3.16. The minimum absolute atomic E-state index is 0.0234. The van der Waals surface area contributed by atoms with Crippen molar-refractivity contribution in [2.75, 3.05) is 0 Å². The van der Waals surface area contributed by atoms with Crippen molar-refractivity contribution in [3.63, 3.8) is 0 Å². The molecule has 0 unspecified atom stereocenters. The molecule has 0 aromatic heterocycles. The molecule has 1 aromatic rings. The molecule has 2 fully saturated rings. The van der Waals surface area contributed by atoms with Crippen LogP contribution in [-0.4, -0.2) is 46.3 Å². The van der Waals surface area contributed by atoms with E-state index < -0.39 is 23.9 Å². The summed E-state index contributed by atoms with van der Waals surface area (Å²) in [6.45, 7) is 0. The van der Waals surface area contributed by atoms with Crippen LogP contribution >= 0.6 is 0 Å². The van der Waals surface area contributed by atoms with E-state index in [0.717, 1.165) is 51.4 Å². The topological polar surface area (TPSA) is 127 Å². The number of ether oxygens (including phenoxy) is 2. The van der Waals surface area contributed by atoms with E-state index in [2.05, 4.69) is 0 Å². The van der Waals surface area contributed by atoms with Crippen molar-refractivity contribution in [1.82, 2.24) is 0 Å². The molecule has 0 radical (unpaired) electrons. The van der Waals surface area contributed by atoms with Gasteiger partial charge in [0.2, 0.25) is 0 Å². The van der Waals surface area contributed by atoms with Crippen molar-refractivity contribution in [3.05, 3.63) is 47.5 Å². The third-order valence-electron chi connectivity index (χ3n) is 5.40. The summed E-state index contributed by atoms with van der Waals surface area (Å²) < 4.78 is 10.6.